The molecule has 110 valence electrons. The van der Waals surface area contributed by atoms with E-state index in [9.17, 15) is 14.7 Å². The molecule has 1 rings (SSSR count). The number of aromatic hydroxyl groups is 1. The number of nitrogens with zero attached hydrogens (tertiary/aromatic N) is 1. The molecular formula is C15H21NO4. The molecule has 0 aliphatic carbocycles. The molecule has 0 aromatic heterocycles. The van der Waals surface area contributed by atoms with Crippen LogP contribution in [0.2, 0.25) is 0 Å². The molecule has 1 amide bonds. The van der Waals surface area contributed by atoms with E-state index in [1.165, 1.54) is 11.0 Å². The summed E-state index contributed by atoms with van der Waals surface area (Å²) >= 11 is 0. The highest BCUT2D eigenvalue weighted by Gasteiger charge is 2.21. The summed E-state index contributed by atoms with van der Waals surface area (Å²) in [5, 5.41) is 9.85. The van der Waals surface area contributed by atoms with Crippen molar-refractivity contribution in [2.75, 3.05) is 19.7 Å². The summed E-state index contributed by atoms with van der Waals surface area (Å²) < 4.78 is 4.86. The van der Waals surface area contributed by atoms with Crippen LogP contribution < -0.4 is 0 Å². The summed E-state index contributed by atoms with van der Waals surface area (Å²) in [7, 11) is 0. The number of ether oxygens (including phenoxy) is 1. The summed E-state index contributed by atoms with van der Waals surface area (Å²) in [5.74, 6) is -0.877. The van der Waals surface area contributed by atoms with Gasteiger partial charge in [-0.05, 0) is 38.0 Å². The van der Waals surface area contributed by atoms with Gasteiger partial charge < -0.3 is 14.7 Å². The van der Waals surface area contributed by atoms with Gasteiger partial charge in [0.2, 0.25) is 0 Å². The van der Waals surface area contributed by atoms with Gasteiger partial charge >= 0.3 is 5.97 Å². The lowest BCUT2D eigenvalue weighted by atomic mass is 10.1. The number of carbonyl (C=O) groups is 2. The molecule has 0 saturated heterocycles. The van der Waals surface area contributed by atoms with E-state index in [1.54, 1.807) is 19.1 Å². The Balaban J connectivity index is 2.90. The van der Waals surface area contributed by atoms with E-state index >= 15 is 0 Å². The molecule has 1 aromatic rings. The smallest absolute Gasteiger partial charge is 0.325 e. The first-order chi connectivity index (χ1) is 9.49. The molecule has 0 aliphatic rings. The van der Waals surface area contributed by atoms with Gasteiger partial charge in [0, 0.05) is 6.54 Å². The van der Waals surface area contributed by atoms with Gasteiger partial charge in [-0.2, -0.15) is 0 Å². The second kappa shape index (κ2) is 7.53. The molecule has 0 fully saturated rings. The molecule has 0 atom stereocenters. The fourth-order valence-corrected chi connectivity index (χ4v) is 1.88. The molecule has 20 heavy (non-hydrogen) atoms. The Hall–Kier alpha value is -2.04. The van der Waals surface area contributed by atoms with Gasteiger partial charge in [0.1, 0.15) is 12.3 Å². The molecule has 0 heterocycles. The molecule has 5 nitrogen and oxygen atoms in total. The van der Waals surface area contributed by atoms with Crippen molar-refractivity contribution in [1.82, 2.24) is 4.90 Å². The summed E-state index contributed by atoms with van der Waals surface area (Å²) in [4.78, 5) is 25.3. The first-order valence-electron chi connectivity index (χ1n) is 6.74. The average Bonchev–Trinajstić information content (AvgIpc) is 2.38. The van der Waals surface area contributed by atoms with Crippen molar-refractivity contribution in [1.29, 1.82) is 0 Å². The van der Waals surface area contributed by atoms with Crippen LogP contribution in [-0.4, -0.2) is 41.6 Å². The van der Waals surface area contributed by atoms with E-state index in [1.807, 2.05) is 13.8 Å². The van der Waals surface area contributed by atoms with Gasteiger partial charge in [0.05, 0.1) is 12.2 Å². The number of aryl methyl sites for hydroxylation is 1. The lowest BCUT2D eigenvalue weighted by molar-refractivity contribution is -0.143. The zero-order chi connectivity index (χ0) is 15.1. The minimum atomic E-state index is -0.444. The number of benzene rings is 1. The first kappa shape index (κ1) is 16.0. The van der Waals surface area contributed by atoms with Crippen molar-refractivity contribution in [2.45, 2.75) is 27.2 Å². The fraction of sp³-hybridized carbons (Fsp3) is 0.467. The molecule has 1 N–H and O–H groups in total. The number of phenols is 1. The fourth-order valence-electron chi connectivity index (χ4n) is 1.88. The Morgan fingerprint density at radius 2 is 2.00 bits per heavy atom. The summed E-state index contributed by atoms with van der Waals surface area (Å²) in [5.41, 5.74) is 1.07. The summed E-state index contributed by atoms with van der Waals surface area (Å²) in [6, 6.07) is 4.85. The normalized spacial score (nSPS) is 10.2. The Kier molecular flexibility index (Phi) is 6.03. The van der Waals surface area contributed by atoms with Crippen LogP contribution in [0.1, 0.15) is 36.2 Å². The number of esters is 1. The second-order valence-electron chi connectivity index (χ2n) is 4.55. The van der Waals surface area contributed by atoms with Gasteiger partial charge in [0.15, 0.2) is 0 Å². The van der Waals surface area contributed by atoms with Crippen LogP contribution in [0.3, 0.4) is 0 Å². The van der Waals surface area contributed by atoms with E-state index in [4.69, 9.17) is 4.74 Å². The van der Waals surface area contributed by atoms with Gasteiger partial charge in [-0.3, -0.25) is 9.59 Å². The molecule has 5 heteroatoms. The highest BCUT2D eigenvalue weighted by atomic mass is 16.5. The molecule has 0 radical (unpaired) electrons. The molecule has 1 aromatic carbocycles. The molecule has 0 aliphatic heterocycles. The van der Waals surface area contributed by atoms with Crippen LogP contribution in [0.4, 0.5) is 0 Å². The third kappa shape index (κ3) is 4.26. The maximum Gasteiger partial charge on any atom is 0.325 e. The van der Waals surface area contributed by atoms with E-state index < -0.39 is 5.97 Å². The van der Waals surface area contributed by atoms with E-state index in [2.05, 4.69) is 0 Å². The Labute approximate surface area is 119 Å². The first-order valence-corrected chi connectivity index (χ1v) is 6.74. The highest BCUT2D eigenvalue weighted by Crippen LogP contribution is 2.20. The lowest BCUT2D eigenvalue weighted by Crippen LogP contribution is -2.37. The number of phenolic OH excluding ortho intramolecular Hbond substituents is 1. The second-order valence-corrected chi connectivity index (χ2v) is 4.55. The highest BCUT2D eigenvalue weighted by molar-refractivity contribution is 5.98. The van der Waals surface area contributed by atoms with Crippen LogP contribution in [0.15, 0.2) is 18.2 Å². The number of hydrogen-bond acceptors (Lipinski definition) is 4. The van der Waals surface area contributed by atoms with Crippen LogP contribution in [0.25, 0.3) is 0 Å². The summed E-state index contributed by atoms with van der Waals surface area (Å²) in [6.45, 7) is 6.08. The minimum Gasteiger partial charge on any atom is -0.507 e. The van der Waals surface area contributed by atoms with Crippen molar-refractivity contribution in [3.8, 4) is 5.75 Å². The van der Waals surface area contributed by atoms with Crippen LogP contribution in [0.5, 0.6) is 5.75 Å². The zero-order valence-corrected chi connectivity index (χ0v) is 12.2. The summed E-state index contributed by atoms with van der Waals surface area (Å²) in [6.07, 6.45) is 0.720. The zero-order valence-electron chi connectivity index (χ0n) is 12.2. The monoisotopic (exact) mass is 279 g/mol. The number of rotatable bonds is 6. The van der Waals surface area contributed by atoms with Gasteiger partial charge in [-0.25, -0.2) is 0 Å². The Morgan fingerprint density at radius 3 is 2.55 bits per heavy atom. The maximum absolute atomic E-state index is 12.4. The molecule has 0 spiro atoms. The van der Waals surface area contributed by atoms with E-state index in [-0.39, 0.29) is 30.4 Å². The van der Waals surface area contributed by atoms with Crippen molar-refractivity contribution in [3.63, 3.8) is 0 Å². The van der Waals surface area contributed by atoms with Crippen molar-refractivity contribution >= 4 is 11.9 Å². The van der Waals surface area contributed by atoms with Crippen molar-refractivity contribution < 1.29 is 19.4 Å². The van der Waals surface area contributed by atoms with Crippen molar-refractivity contribution in [2.24, 2.45) is 0 Å². The SMILES string of the molecule is CCCN(CC(=O)OCC)C(=O)c1ccc(C)cc1O. The molecule has 0 bridgehead atoms. The lowest BCUT2D eigenvalue weighted by Gasteiger charge is -2.21. The third-order valence-electron chi connectivity index (χ3n) is 2.79. The Bertz CT molecular complexity index is 485. The van der Waals surface area contributed by atoms with Gasteiger partial charge in [-0.15, -0.1) is 0 Å². The predicted octanol–water partition coefficient (Wildman–Crippen LogP) is 2.12. The third-order valence-corrected chi connectivity index (χ3v) is 2.79. The van der Waals surface area contributed by atoms with Crippen LogP contribution in [0, 0.1) is 6.92 Å². The quantitative estimate of drug-likeness (QED) is 0.810. The van der Waals surface area contributed by atoms with Crippen LogP contribution in [-0.2, 0) is 9.53 Å². The van der Waals surface area contributed by atoms with Crippen molar-refractivity contribution in [3.05, 3.63) is 29.3 Å². The number of carbonyl (C=O) groups excluding carboxylic acids is 2. The number of amides is 1. The standard InChI is InChI=1S/C15H21NO4/c1-4-8-16(10-14(18)20-5-2)15(19)12-7-6-11(3)9-13(12)17/h6-7,9,17H,4-5,8,10H2,1-3H3. The minimum absolute atomic E-state index is 0.0695. The van der Waals surface area contributed by atoms with E-state index in [0.29, 0.717) is 6.54 Å². The average molecular weight is 279 g/mol. The maximum atomic E-state index is 12.4. The van der Waals surface area contributed by atoms with Crippen LogP contribution >= 0.6 is 0 Å². The molecule has 0 saturated carbocycles. The predicted molar refractivity (Wildman–Crippen MR) is 75.7 cm³/mol. The van der Waals surface area contributed by atoms with Gasteiger partial charge in [0.25, 0.3) is 5.91 Å². The molecule has 0 unspecified atom stereocenters. The molecular weight excluding hydrogens is 258 g/mol. The topological polar surface area (TPSA) is 66.8 Å². The number of hydrogen-bond donors (Lipinski definition) is 1. The van der Waals surface area contributed by atoms with Gasteiger partial charge in [-0.1, -0.05) is 13.0 Å². The largest absolute Gasteiger partial charge is 0.507 e. The van der Waals surface area contributed by atoms with E-state index in [0.717, 1.165) is 12.0 Å². The Morgan fingerprint density at radius 1 is 1.30 bits per heavy atom.